The second-order valence-electron chi connectivity index (χ2n) is 8.68. The summed E-state index contributed by atoms with van der Waals surface area (Å²) in [6.07, 6.45) is 1.14. The van der Waals surface area contributed by atoms with Gasteiger partial charge in [-0.25, -0.2) is 17.2 Å². The Morgan fingerprint density at radius 2 is 1.89 bits per heavy atom. The molecular formula is C24H27ClF2N2O5S. The Labute approximate surface area is 208 Å². The van der Waals surface area contributed by atoms with Crippen molar-refractivity contribution >= 4 is 33.3 Å². The zero-order chi connectivity index (χ0) is 26.1. The number of aliphatic hydroxyl groups excluding tert-OH is 1. The fourth-order valence-corrected chi connectivity index (χ4v) is 5.16. The van der Waals surface area contributed by atoms with Gasteiger partial charge >= 0.3 is 0 Å². The molecule has 190 valence electrons. The van der Waals surface area contributed by atoms with E-state index in [0.29, 0.717) is 19.3 Å². The number of halogens is 3. The van der Waals surface area contributed by atoms with Crippen molar-refractivity contribution in [3.8, 4) is 0 Å². The quantitative estimate of drug-likeness (QED) is 0.534. The summed E-state index contributed by atoms with van der Waals surface area (Å²) in [5.74, 6) is -2.96. The van der Waals surface area contributed by atoms with Crippen LogP contribution in [-0.4, -0.2) is 54.7 Å². The van der Waals surface area contributed by atoms with Crippen LogP contribution in [0, 0.1) is 11.6 Å². The molecular weight excluding hydrogens is 502 g/mol. The first-order valence-corrected chi connectivity index (χ1v) is 13.4. The molecule has 1 fully saturated rings. The summed E-state index contributed by atoms with van der Waals surface area (Å²) in [6.45, 7) is 3.18. The Bertz CT molecular complexity index is 1240. The minimum absolute atomic E-state index is 0.0222. The molecule has 1 saturated heterocycles. The van der Waals surface area contributed by atoms with Crippen molar-refractivity contribution in [3.63, 3.8) is 0 Å². The number of hydrogen-bond acceptors (Lipinski definition) is 5. The maximum absolute atomic E-state index is 14.5. The second-order valence-corrected chi connectivity index (χ2v) is 11.1. The molecule has 0 saturated carbocycles. The number of aliphatic hydroxyl groups is 1. The summed E-state index contributed by atoms with van der Waals surface area (Å²) in [7, 11) is -3.55. The summed E-state index contributed by atoms with van der Waals surface area (Å²) in [5.41, 5.74) is -0.164. The van der Waals surface area contributed by atoms with Crippen molar-refractivity contribution in [1.29, 1.82) is 0 Å². The van der Waals surface area contributed by atoms with Crippen LogP contribution in [0.2, 0.25) is 5.02 Å². The van der Waals surface area contributed by atoms with Crippen molar-refractivity contribution in [1.82, 2.24) is 10.2 Å². The Hall–Kier alpha value is -2.56. The van der Waals surface area contributed by atoms with Crippen LogP contribution in [0.15, 0.2) is 41.3 Å². The van der Waals surface area contributed by atoms with Gasteiger partial charge in [-0.05, 0) is 56.5 Å². The van der Waals surface area contributed by atoms with Crippen LogP contribution in [0.4, 0.5) is 8.78 Å². The van der Waals surface area contributed by atoms with Crippen molar-refractivity contribution in [3.05, 3.63) is 64.2 Å². The van der Waals surface area contributed by atoms with E-state index in [4.69, 9.17) is 11.6 Å². The Morgan fingerprint density at radius 1 is 1.20 bits per heavy atom. The van der Waals surface area contributed by atoms with E-state index in [-0.39, 0.29) is 22.1 Å². The van der Waals surface area contributed by atoms with Gasteiger partial charge in [0.15, 0.2) is 9.84 Å². The van der Waals surface area contributed by atoms with Crippen LogP contribution in [-0.2, 0) is 14.6 Å². The second kappa shape index (κ2) is 10.6. The lowest BCUT2D eigenvalue weighted by molar-refractivity contribution is -0.126. The van der Waals surface area contributed by atoms with E-state index in [1.54, 1.807) is 0 Å². The number of hydrogen-bond donors (Lipinski definition) is 2. The van der Waals surface area contributed by atoms with Gasteiger partial charge in [-0.15, -0.1) is 0 Å². The minimum atomic E-state index is -3.55. The molecule has 0 aromatic heterocycles. The lowest BCUT2D eigenvalue weighted by Gasteiger charge is -2.31. The highest BCUT2D eigenvalue weighted by Crippen LogP contribution is 2.31. The first-order chi connectivity index (χ1) is 16.3. The molecule has 4 atom stereocenters. The lowest BCUT2D eigenvalue weighted by Crippen LogP contribution is -2.50. The Kier molecular flexibility index (Phi) is 8.18. The number of rotatable bonds is 7. The normalized spacial score (nSPS) is 19.9. The number of carbonyl (C=O) groups is 2. The van der Waals surface area contributed by atoms with Crippen LogP contribution in [0.5, 0.6) is 0 Å². The van der Waals surface area contributed by atoms with E-state index in [9.17, 15) is 31.9 Å². The third-order valence-corrected chi connectivity index (χ3v) is 7.57. The maximum atomic E-state index is 14.5. The van der Waals surface area contributed by atoms with Crippen LogP contribution in [0.1, 0.15) is 55.1 Å². The molecule has 2 N–H and O–H groups in total. The van der Waals surface area contributed by atoms with Crippen LogP contribution in [0.3, 0.4) is 0 Å². The summed E-state index contributed by atoms with van der Waals surface area (Å²) in [6, 6.07) is 4.64. The van der Waals surface area contributed by atoms with Gasteiger partial charge in [-0.3, -0.25) is 9.59 Å². The summed E-state index contributed by atoms with van der Waals surface area (Å²) < 4.78 is 52.4. The molecule has 2 amide bonds. The smallest absolute Gasteiger partial charge is 0.254 e. The third-order valence-electron chi connectivity index (χ3n) is 6.17. The maximum Gasteiger partial charge on any atom is 0.254 e. The molecule has 11 heteroatoms. The van der Waals surface area contributed by atoms with E-state index in [1.165, 1.54) is 36.1 Å². The first kappa shape index (κ1) is 27.0. The number of nitrogens with one attached hydrogen (secondary N) is 1. The molecule has 3 rings (SSSR count). The molecule has 0 bridgehead atoms. The molecule has 35 heavy (non-hydrogen) atoms. The molecule has 0 spiro atoms. The van der Waals surface area contributed by atoms with E-state index in [2.05, 4.69) is 5.32 Å². The molecule has 0 radical (unpaired) electrons. The molecule has 2 aromatic rings. The molecule has 0 aliphatic carbocycles. The van der Waals surface area contributed by atoms with Gasteiger partial charge in [0.2, 0.25) is 5.91 Å². The number of nitrogens with zero attached hydrogens (tertiary/aromatic N) is 1. The SMILES string of the molecule is CC[C@@H]1CC[C@H](C(=O)NC(c2cc(F)c(Cl)cc2F)C(C)O)N1C(=O)c1cccc(S(C)(=O)=O)c1. The number of sulfone groups is 1. The van der Waals surface area contributed by atoms with Gasteiger partial charge in [-0.2, -0.15) is 0 Å². The van der Waals surface area contributed by atoms with Crippen LogP contribution in [0.25, 0.3) is 0 Å². The van der Waals surface area contributed by atoms with Gasteiger partial charge in [0.1, 0.15) is 17.7 Å². The van der Waals surface area contributed by atoms with Crippen LogP contribution < -0.4 is 5.32 Å². The molecule has 1 heterocycles. The monoisotopic (exact) mass is 528 g/mol. The first-order valence-electron chi connectivity index (χ1n) is 11.1. The molecule has 2 unspecified atom stereocenters. The Morgan fingerprint density at radius 3 is 2.49 bits per heavy atom. The van der Waals surface area contributed by atoms with Gasteiger partial charge in [0.05, 0.1) is 22.1 Å². The van der Waals surface area contributed by atoms with Gasteiger partial charge in [-0.1, -0.05) is 24.6 Å². The molecule has 1 aliphatic heterocycles. The van der Waals surface area contributed by atoms with E-state index < -0.39 is 56.5 Å². The van der Waals surface area contributed by atoms with Gasteiger partial charge in [0.25, 0.3) is 5.91 Å². The fourth-order valence-electron chi connectivity index (χ4n) is 4.34. The van der Waals surface area contributed by atoms with Crippen molar-refractivity contribution in [2.24, 2.45) is 0 Å². The van der Waals surface area contributed by atoms with E-state index in [0.717, 1.165) is 18.4 Å². The number of amides is 2. The van der Waals surface area contributed by atoms with Crippen molar-refractivity contribution in [2.45, 2.75) is 62.2 Å². The summed E-state index contributed by atoms with van der Waals surface area (Å²) in [4.78, 5) is 28.1. The van der Waals surface area contributed by atoms with Gasteiger partial charge < -0.3 is 15.3 Å². The minimum Gasteiger partial charge on any atom is -0.391 e. The average Bonchev–Trinajstić information content (AvgIpc) is 3.23. The number of carbonyl (C=O) groups excluding carboxylic acids is 2. The zero-order valence-electron chi connectivity index (χ0n) is 19.5. The molecule has 2 aromatic carbocycles. The fraction of sp³-hybridized carbons (Fsp3) is 0.417. The Balaban J connectivity index is 1.92. The largest absolute Gasteiger partial charge is 0.391 e. The van der Waals surface area contributed by atoms with Crippen molar-refractivity contribution in [2.75, 3.05) is 6.26 Å². The third kappa shape index (κ3) is 5.82. The highest BCUT2D eigenvalue weighted by molar-refractivity contribution is 7.90. The molecule has 7 nitrogen and oxygen atoms in total. The van der Waals surface area contributed by atoms with E-state index >= 15 is 0 Å². The topological polar surface area (TPSA) is 104 Å². The predicted octanol–water partition coefficient (Wildman–Crippen LogP) is 3.64. The lowest BCUT2D eigenvalue weighted by atomic mass is 10.0. The van der Waals surface area contributed by atoms with Crippen LogP contribution >= 0.6 is 11.6 Å². The molecule has 1 aliphatic rings. The average molecular weight is 529 g/mol. The number of likely N-dealkylation sites (tertiary alicyclic amines) is 1. The standard InChI is InChI=1S/C24H27ClF2N2O5S/c1-4-15-8-9-21(29(15)24(32)14-6-5-7-16(10-14)35(3,33)34)23(31)28-22(13(2)30)17-11-20(27)18(25)12-19(17)26/h5-7,10-13,15,21-22,30H,4,8-9H2,1-3H3,(H,28,31)/t13?,15-,21-,22?/m1/s1. The van der Waals surface area contributed by atoms with Gasteiger partial charge in [0, 0.05) is 23.4 Å². The van der Waals surface area contributed by atoms with E-state index in [1.807, 2.05) is 6.92 Å². The predicted molar refractivity (Wildman–Crippen MR) is 127 cm³/mol. The summed E-state index contributed by atoms with van der Waals surface area (Å²) >= 11 is 5.62. The highest BCUT2D eigenvalue weighted by atomic mass is 35.5. The zero-order valence-corrected chi connectivity index (χ0v) is 21.0. The highest BCUT2D eigenvalue weighted by Gasteiger charge is 2.41. The summed E-state index contributed by atoms with van der Waals surface area (Å²) in [5, 5.41) is 12.3. The number of benzene rings is 2. The van der Waals surface area contributed by atoms with Crippen molar-refractivity contribution < 1.29 is 31.9 Å².